The SMILES string of the molecule is CCCCCC(CCC)COC(CC)CCC(C)CCC. The fraction of sp³-hybridized carbons (Fsp3) is 1.00. The van der Waals surface area contributed by atoms with Crippen LogP contribution in [0.1, 0.15) is 105 Å². The van der Waals surface area contributed by atoms with Crippen molar-refractivity contribution in [3.8, 4) is 0 Å². The lowest BCUT2D eigenvalue weighted by atomic mass is 9.96. The maximum absolute atomic E-state index is 6.27. The van der Waals surface area contributed by atoms with Crippen LogP contribution in [0, 0.1) is 11.8 Å². The Kier molecular flexibility index (Phi) is 14.9. The van der Waals surface area contributed by atoms with Crippen molar-refractivity contribution in [2.24, 2.45) is 11.8 Å². The number of rotatable bonds is 15. The Hall–Kier alpha value is -0.0400. The zero-order valence-electron chi connectivity index (χ0n) is 15.6. The summed E-state index contributed by atoms with van der Waals surface area (Å²) in [5.74, 6) is 1.66. The van der Waals surface area contributed by atoms with Gasteiger partial charge in [-0.25, -0.2) is 0 Å². The van der Waals surface area contributed by atoms with Gasteiger partial charge in [0.1, 0.15) is 0 Å². The van der Waals surface area contributed by atoms with Crippen LogP contribution in [0.5, 0.6) is 0 Å². The van der Waals surface area contributed by atoms with Crippen LogP contribution in [0.4, 0.5) is 0 Å². The average Bonchev–Trinajstić information content (AvgIpc) is 2.47. The Morgan fingerprint density at radius 2 is 1.43 bits per heavy atom. The maximum atomic E-state index is 6.27. The highest BCUT2D eigenvalue weighted by molar-refractivity contribution is 4.64. The summed E-state index contributed by atoms with van der Waals surface area (Å²) in [5.41, 5.74) is 0. The van der Waals surface area contributed by atoms with Crippen molar-refractivity contribution in [3.05, 3.63) is 0 Å². The number of unbranched alkanes of at least 4 members (excludes halogenated alkanes) is 2. The van der Waals surface area contributed by atoms with Crippen molar-refractivity contribution < 1.29 is 4.74 Å². The quantitative estimate of drug-likeness (QED) is 0.296. The van der Waals surface area contributed by atoms with Crippen LogP contribution < -0.4 is 0 Å². The van der Waals surface area contributed by atoms with E-state index in [4.69, 9.17) is 4.74 Å². The monoisotopic (exact) mass is 298 g/mol. The smallest absolute Gasteiger partial charge is 0.0572 e. The molecule has 0 saturated heterocycles. The van der Waals surface area contributed by atoms with Gasteiger partial charge in [0.25, 0.3) is 0 Å². The molecule has 0 heterocycles. The van der Waals surface area contributed by atoms with Crippen LogP contribution in [-0.2, 0) is 4.74 Å². The summed E-state index contributed by atoms with van der Waals surface area (Å²) in [4.78, 5) is 0. The predicted octanol–water partition coefficient (Wildman–Crippen LogP) is 6.99. The Morgan fingerprint density at radius 3 is 2.00 bits per heavy atom. The third-order valence-electron chi connectivity index (χ3n) is 4.70. The largest absolute Gasteiger partial charge is 0.378 e. The van der Waals surface area contributed by atoms with E-state index in [0.717, 1.165) is 18.4 Å². The highest BCUT2D eigenvalue weighted by Gasteiger charge is 2.13. The Labute approximate surface area is 135 Å². The summed E-state index contributed by atoms with van der Waals surface area (Å²) in [6, 6.07) is 0. The summed E-state index contributed by atoms with van der Waals surface area (Å²) >= 11 is 0. The van der Waals surface area contributed by atoms with E-state index in [1.807, 2.05) is 0 Å². The molecule has 0 aliphatic carbocycles. The summed E-state index contributed by atoms with van der Waals surface area (Å²) < 4.78 is 6.27. The van der Waals surface area contributed by atoms with Gasteiger partial charge >= 0.3 is 0 Å². The molecule has 0 amide bonds. The van der Waals surface area contributed by atoms with E-state index in [1.54, 1.807) is 0 Å². The minimum absolute atomic E-state index is 0.495. The minimum Gasteiger partial charge on any atom is -0.378 e. The molecule has 0 aliphatic heterocycles. The van der Waals surface area contributed by atoms with Crippen LogP contribution in [0.15, 0.2) is 0 Å². The van der Waals surface area contributed by atoms with Crippen molar-refractivity contribution in [2.45, 2.75) is 111 Å². The maximum Gasteiger partial charge on any atom is 0.0572 e. The molecule has 3 atom stereocenters. The van der Waals surface area contributed by atoms with Crippen molar-refractivity contribution >= 4 is 0 Å². The van der Waals surface area contributed by atoms with Gasteiger partial charge in [0, 0.05) is 6.61 Å². The van der Waals surface area contributed by atoms with E-state index in [2.05, 4.69) is 34.6 Å². The van der Waals surface area contributed by atoms with Gasteiger partial charge in [0.2, 0.25) is 0 Å². The van der Waals surface area contributed by atoms with Crippen LogP contribution >= 0.6 is 0 Å². The molecular formula is C20H42O. The van der Waals surface area contributed by atoms with Gasteiger partial charge in [-0.2, -0.15) is 0 Å². The molecule has 0 aliphatic rings. The summed E-state index contributed by atoms with van der Waals surface area (Å²) in [5, 5.41) is 0. The van der Waals surface area contributed by atoms with Gasteiger partial charge in [-0.3, -0.25) is 0 Å². The lowest BCUT2D eigenvalue weighted by molar-refractivity contribution is 0.0144. The minimum atomic E-state index is 0.495. The predicted molar refractivity (Wildman–Crippen MR) is 95.9 cm³/mol. The molecule has 0 saturated carbocycles. The van der Waals surface area contributed by atoms with Gasteiger partial charge in [0.05, 0.1) is 6.10 Å². The second kappa shape index (κ2) is 14.9. The molecule has 21 heavy (non-hydrogen) atoms. The molecule has 3 unspecified atom stereocenters. The topological polar surface area (TPSA) is 9.23 Å². The fourth-order valence-electron chi connectivity index (χ4n) is 3.19. The Morgan fingerprint density at radius 1 is 0.714 bits per heavy atom. The van der Waals surface area contributed by atoms with Gasteiger partial charge in [-0.15, -0.1) is 0 Å². The second-order valence-electron chi connectivity index (χ2n) is 6.99. The molecule has 0 aromatic carbocycles. The third kappa shape index (κ3) is 12.2. The van der Waals surface area contributed by atoms with E-state index >= 15 is 0 Å². The van der Waals surface area contributed by atoms with Crippen molar-refractivity contribution in [1.82, 2.24) is 0 Å². The molecule has 128 valence electrons. The Bertz CT molecular complexity index is 202. The fourth-order valence-corrected chi connectivity index (χ4v) is 3.19. The lowest BCUT2D eigenvalue weighted by Crippen LogP contribution is -2.19. The molecule has 1 heteroatoms. The molecule has 0 N–H and O–H groups in total. The molecule has 1 nitrogen and oxygen atoms in total. The molecule has 0 radical (unpaired) electrons. The first kappa shape index (κ1) is 21.0. The highest BCUT2D eigenvalue weighted by Crippen LogP contribution is 2.20. The van der Waals surface area contributed by atoms with Crippen LogP contribution in [0.3, 0.4) is 0 Å². The standard InChI is InChI=1S/C20H42O/c1-6-10-11-14-19(13-8-3)17-21-20(9-4)16-15-18(5)12-7-2/h18-20H,6-17H2,1-5H3. The van der Waals surface area contributed by atoms with E-state index in [9.17, 15) is 0 Å². The van der Waals surface area contributed by atoms with Gasteiger partial charge in [0.15, 0.2) is 0 Å². The highest BCUT2D eigenvalue weighted by atomic mass is 16.5. The second-order valence-corrected chi connectivity index (χ2v) is 6.99. The summed E-state index contributed by atoms with van der Waals surface area (Å²) in [6.45, 7) is 12.5. The summed E-state index contributed by atoms with van der Waals surface area (Å²) in [7, 11) is 0. The summed E-state index contributed by atoms with van der Waals surface area (Å²) in [6.07, 6.45) is 15.0. The normalized spacial score (nSPS) is 15.9. The third-order valence-corrected chi connectivity index (χ3v) is 4.70. The van der Waals surface area contributed by atoms with E-state index < -0.39 is 0 Å². The molecular weight excluding hydrogens is 256 g/mol. The van der Waals surface area contributed by atoms with Crippen molar-refractivity contribution in [3.63, 3.8) is 0 Å². The average molecular weight is 299 g/mol. The van der Waals surface area contributed by atoms with Crippen LogP contribution in [-0.4, -0.2) is 12.7 Å². The number of hydrogen-bond donors (Lipinski definition) is 0. The number of ether oxygens (including phenoxy) is 1. The van der Waals surface area contributed by atoms with Gasteiger partial charge < -0.3 is 4.74 Å². The zero-order chi connectivity index (χ0) is 15.9. The molecule has 0 aromatic rings. The van der Waals surface area contributed by atoms with E-state index in [1.165, 1.54) is 70.6 Å². The van der Waals surface area contributed by atoms with Crippen molar-refractivity contribution in [2.75, 3.05) is 6.61 Å². The molecule has 0 rings (SSSR count). The van der Waals surface area contributed by atoms with E-state index in [0.29, 0.717) is 6.10 Å². The van der Waals surface area contributed by atoms with Crippen LogP contribution in [0.2, 0.25) is 0 Å². The van der Waals surface area contributed by atoms with E-state index in [-0.39, 0.29) is 0 Å². The van der Waals surface area contributed by atoms with Gasteiger partial charge in [-0.05, 0) is 43.9 Å². The van der Waals surface area contributed by atoms with Gasteiger partial charge in [-0.1, -0.05) is 73.1 Å². The first-order chi connectivity index (χ1) is 10.2. The molecule has 0 fully saturated rings. The molecule has 0 aromatic heterocycles. The molecule has 0 bridgehead atoms. The Balaban J connectivity index is 3.96. The molecule has 0 spiro atoms. The zero-order valence-corrected chi connectivity index (χ0v) is 15.6. The first-order valence-electron chi connectivity index (χ1n) is 9.79. The van der Waals surface area contributed by atoms with Crippen molar-refractivity contribution in [1.29, 1.82) is 0 Å². The lowest BCUT2D eigenvalue weighted by Gasteiger charge is -2.22. The first-order valence-corrected chi connectivity index (χ1v) is 9.79. The van der Waals surface area contributed by atoms with Crippen LogP contribution in [0.25, 0.3) is 0 Å². The number of hydrogen-bond acceptors (Lipinski definition) is 1.